The van der Waals surface area contributed by atoms with E-state index in [4.69, 9.17) is 18.9 Å². The topological polar surface area (TPSA) is 96.0 Å². The fraction of sp³-hybridized carbons (Fsp3) is 0.240. The van der Waals surface area contributed by atoms with Crippen molar-refractivity contribution in [1.29, 1.82) is 0 Å². The van der Waals surface area contributed by atoms with Gasteiger partial charge in [0.2, 0.25) is 0 Å². The number of anilines is 1. The van der Waals surface area contributed by atoms with Gasteiger partial charge < -0.3 is 24.3 Å². The van der Waals surface area contributed by atoms with Crippen LogP contribution >= 0.6 is 0 Å². The molecule has 0 fully saturated rings. The van der Waals surface area contributed by atoms with E-state index in [1.807, 2.05) is 19.1 Å². The third-order valence-electron chi connectivity index (χ3n) is 4.38. The molecule has 0 unspecified atom stereocenters. The fourth-order valence-corrected chi connectivity index (χ4v) is 2.89. The maximum Gasteiger partial charge on any atom is 0.344 e. The molecule has 33 heavy (non-hydrogen) atoms. The molecule has 1 amide bonds. The normalized spacial score (nSPS) is 10.2. The minimum atomic E-state index is -0.457. The van der Waals surface area contributed by atoms with E-state index >= 15 is 0 Å². The fourth-order valence-electron chi connectivity index (χ4n) is 2.89. The van der Waals surface area contributed by atoms with Crippen LogP contribution in [-0.2, 0) is 16.1 Å². The molecule has 1 aromatic heterocycles. The molecule has 0 aliphatic rings. The van der Waals surface area contributed by atoms with Crippen LogP contribution in [0.2, 0.25) is 0 Å². The summed E-state index contributed by atoms with van der Waals surface area (Å²) in [6.45, 7) is 4.43. The lowest BCUT2D eigenvalue weighted by Gasteiger charge is -2.14. The Morgan fingerprint density at radius 2 is 1.79 bits per heavy atom. The number of nitrogens with one attached hydrogen (secondary N) is 1. The second-order valence-electron chi connectivity index (χ2n) is 6.82. The molecule has 0 spiro atoms. The Morgan fingerprint density at radius 1 is 0.909 bits per heavy atom. The van der Waals surface area contributed by atoms with Gasteiger partial charge in [-0.15, -0.1) is 0 Å². The van der Waals surface area contributed by atoms with Crippen LogP contribution < -0.4 is 19.5 Å². The second-order valence-corrected chi connectivity index (χ2v) is 6.82. The lowest BCUT2D eigenvalue weighted by Crippen LogP contribution is -2.15. The monoisotopic (exact) mass is 450 g/mol. The zero-order chi connectivity index (χ0) is 23.5. The summed E-state index contributed by atoms with van der Waals surface area (Å²) in [6.07, 6.45) is 3.43. The zero-order valence-corrected chi connectivity index (χ0v) is 18.6. The van der Waals surface area contributed by atoms with Gasteiger partial charge in [0.05, 0.1) is 13.2 Å². The standard InChI is InChI=1S/C25H26N2O6/c1-3-30-23-13-19(10-11-22(23)33-16-18-7-6-12-26-15-18)25(29)27-20-8-5-9-21(14-20)32-17-24(28)31-4-2/h5-15H,3-4,16-17H2,1-2H3,(H,27,29). The van der Waals surface area contributed by atoms with Crippen molar-refractivity contribution >= 4 is 17.6 Å². The van der Waals surface area contributed by atoms with E-state index < -0.39 is 5.97 Å². The van der Waals surface area contributed by atoms with E-state index in [1.165, 1.54) is 0 Å². The van der Waals surface area contributed by atoms with Crippen LogP contribution in [0.15, 0.2) is 67.0 Å². The Kier molecular flexibility index (Phi) is 8.64. The van der Waals surface area contributed by atoms with Crippen LogP contribution in [-0.4, -0.2) is 36.7 Å². The Labute approximate surface area is 192 Å². The average molecular weight is 450 g/mol. The molecule has 0 atom stereocenters. The van der Waals surface area contributed by atoms with Gasteiger partial charge in [-0.05, 0) is 50.2 Å². The third-order valence-corrected chi connectivity index (χ3v) is 4.38. The van der Waals surface area contributed by atoms with Crippen molar-refractivity contribution in [3.63, 3.8) is 0 Å². The summed E-state index contributed by atoms with van der Waals surface area (Å²) in [6, 6.07) is 15.5. The predicted molar refractivity (Wildman–Crippen MR) is 123 cm³/mol. The Morgan fingerprint density at radius 3 is 2.55 bits per heavy atom. The number of benzene rings is 2. The van der Waals surface area contributed by atoms with Crippen molar-refractivity contribution in [3.05, 3.63) is 78.1 Å². The van der Waals surface area contributed by atoms with Gasteiger partial charge in [0, 0.05) is 35.3 Å². The average Bonchev–Trinajstić information content (AvgIpc) is 2.83. The summed E-state index contributed by atoms with van der Waals surface area (Å²) < 4.78 is 21.8. The summed E-state index contributed by atoms with van der Waals surface area (Å²) in [5.74, 6) is 0.667. The van der Waals surface area contributed by atoms with Crippen molar-refractivity contribution in [2.24, 2.45) is 0 Å². The number of aromatic nitrogens is 1. The molecular formula is C25H26N2O6. The van der Waals surface area contributed by atoms with Crippen LogP contribution in [0.3, 0.4) is 0 Å². The van der Waals surface area contributed by atoms with E-state index in [9.17, 15) is 9.59 Å². The van der Waals surface area contributed by atoms with E-state index in [2.05, 4.69) is 10.3 Å². The van der Waals surface area contributed by atoms with Gasteiger partial charge in [-0.1, -0.05) is 12.1 Å². The molecule has 172 valence electrons. The molecular weight excluding hydrogens is 424 g/mol. The molecule has 8 nitrogen and oxygen atoms in total. The molecule has 0 bridgehead atoms. The SMILES string of the molecule is CCOC(=O)COc1cccc(NC(=O)c2ccc(OCc3cccnc3)c(OCC)c2)c1. The van der Waals surface area contributed by atoms with E-state index in [-0.39, 0.29) is 19.1 Å². The molecule has 0 saturated heterocycles. The maximum absolute atomic E-state index is 12.8. The van der Waals surface area contributed by atoms with Gasteiger partial charge in [0.1, 0.15) is 12.4 Å². The smallest absolute Gasteiger partial charge is 0.344 e. The van der Waals surface area contributed by atoms with Crippen LogP contribution in [0, 0.1) is 0 Å². The molecule has 0 saturated carbocycles. The van der Waals surface area contributed by atoms with Crippen LogP contribution in [0.5, 0.6) is 17.2 Å². The molecule has 1 heterocycles. The first kappa shape index (κ1) is 23.6. The van der Waals surface area contributed by atoms with Crippen molar-refractivity contribution < 1.29 is 28.5 Å². The number of pyridine rings is 1. The summed E-state index contributed by atoms with van der Waals surface area (Å²) in [5, 5.41) is 2.82. The molecule has 1 N–H and O–H groups in total. The molecule has 0 aliphatic carbocycles. The lowest BCUT2D eigenvalue weighted by molar-refractivity contribution is -0.145. The second kappa shape index (κ2) is 12.1. The number of hydrogen-bond donors (Lipinski definition) is 1. The first-order valence-corrected chi connectivity index (χ1v) is 10.6. The first-order valence-electron chi connectivity index (χ1n) is 10.6. The van der Waals surface area contributed by atoms with Crippen molar-refractivity contribution in [1.82, 2.24) is 4.98 Å². The van der Waals surface area contributed by atoms with Gasteiger partial charge in [0.15, 0.2) is 18.1 Å². The molecule has 8 heteroatoms. The minimum absolute atomic E-state index is 0.205. The van der Waals surface area contributed by atoms with E-state index in [0.29, 0.717) is 41.7 Å². The highest BCUT2D eigenvalue weighted by Gasteiger charge is 2.13. The summed E-state index contributed by atoms with van der Waals surface area (Å²) in [4.78, 5) is 28.3. The van der Waals surface area contributed by atoms with Crippen molar-refractivity contribution in [2.75, 3.05) is 25.1 Å². The molecule has 0 radical (unpaired) electrons. The van der Waals surface area contributed by atoms with Crippen molar-refractivity contribution in [2.45, 2.75) is 20.5 Å². The maximum atomic E-state index is 12.8. The summed E-state index contributed by atoms with van der Waals surface area (Å²) >= 11 is 0. The number of carbonyl (C=O) groups is 2. The van der Waals surface area contributed by atoms with Crippen LogP contribution in [0.25, 0.3) is 0 Å². The number of ether oxygens (including phenoxy) is 4. The lowest BCUT2D eigenvalue weighted by atomic mass is 10.1. The Bertz CT molecular complexity index is 1070. The van der Waals surface area contributed by atoms with Gasteiger partial charge >= 0.3 is 5.97 Å². The number of amides is 1. The minimum Gasteiger partial charge on any atom is -0.490 e. The van der Waals surface area contributed by atoms with Gasteiger partial charge in [-0.2, -0.15) is 0 Å². The molecule has 0 aliphatic heterocycles. The van der Waals surface area contributed by atoms with Gasteiger partial charge in [-0.3, -0.25) is 9.78 Å². The number of rotatable bonds is 11. The summed E-state index contributed by atoms with van der Waals surface area (Å²) in [7, 11) is 0. The highest BCUT2D eigenvalue weighted by atomic mass is 16.6. The highest BCUT2D eigenvalue weighted by molar-refractivity contribution is 6.04. The largest absolute Gasteiger partial charge is 0.490 e. The van der Waals surface area contributed by atoms with Gasteiger partial charge in [0.25, 0.3) is 5.91 Å². The highest BCUT2D eigenvalue weighted by Crippen LogP contribution is 2.30. The Hall–Kier alpha value is -4.07. The number of esters is 1. The first-order chi connectivity index (χ1) is 16.1. The number of nitrogens with zero attached hydrogens (tertiary/aromatic N) is 1. The number of hydrogen-bond acceptors (Lipinski definition) is 7. The molecule has 3 aromatic rings. The molecule has 2 aromatic carbocycles. The van der Waals surface area contributed by atoms with E-state index in [0.717, 1.165) is 5.56 Å². The summed E-state index contributed by atoms with van der Waals surface area (Å²) in [5.41, 5.74) is 1.85. The van der Waals surface area contributed by atoms with Crippen LogP contribution in [0.4, 0.5) is 5.69 Å². The van der Waals surface area contributed by atoms with E-state index in [1.54, 1.807) is 61.8 Å². The van der Waals surface area contributed by atoms with Gasteiger partial charge in [-0.25, -0.2) is 4.79 Å². The number of carbonyl (C=O) groups excluding carboxylic acids is 2. The zero-order valence-electron chi connectivity index (χ0n) is 18.6. The predicted octanol–water partition coefficient (Wildman–Crippen LogP) is 4.25. The van der Waals surface area contributed by atoms with Crippen LogP contribution in [0.1, 0.15) is 29.8 Å². The quantitative estimate of drug-likeness (QED) is 0.436. The molecule has 3 rings (SSSR count). The third kappa shape index (κ3) is 7.24. The Balaban J connectivity index is 1.66. The van der Waals surface area contributed by atoms with Crippen molar-refractivity contribution in [3.8, 4) is 17.2 Å².